The van der Waals surface area contributed by atoms with E-state index in [1.165, 1.54) is 17.7 Å². The molecule has 0 aliphatic heterocycles. The van der Waals surface area contributed by atoms with Crippen LogP contribution in [0.25, 0.3) is 22.3 Å². The third-order valence-electron chi connectivity index (χ3n) is 3.80. The Labute approximate surface area is 146 Å². The van der Waals surface area contributed by atoms with Gasteiger partial charge in [-0.2, -0.15) is 0 Å². The third kappa shape index (κ3) is 3.35. The number of benzene rings is 1. The van der Waals surface area contributed by atoms with Crippen LogP contribution in [0.2, 0.25) is 0 Å². The molecule has 1 N–H and O–H groups in total. The molecule has 1 aromatic carbocycles. The van der Waals surface area contributed by atoms with Gasteiger partial charge in [0.05, 0.1) is 24.2 Å². The summed E-state index contributed by atoms with van der Waals surface area (Å²) < 4.78 is 33.9. The van der Waals surface area contributed by atoms with E-state index in [9.17, 15) is 13.6 Å². The smallest absolute Gasteiger partial charge is 0.264 e. The largest absolute Gasteiger partial charge is 0.383 e. The van der Waals surface area contributed by atoms with E-state index in [1.54, 1.807) is 24.3 Å². The second-order valence-corrected chi connectivity index (χ2v) is 5.75. The van der Waals surface area contributed by atoms with Crippen molar-refractivity contribution in [2.45, 2.75) is 13.0 Å². The minimum atomic E-state index is -2.82. The Morgan fingerprint density at radius 3 is 2.68 bits per heavy atom. The Morgan fingerprint density at radius 1 is 1.32 bits per heavy atom. The number of ether oxygens (including phenoxy) is 1. The SMILES string of the molecule is COCCn1c(=S)[nH]c(=O)c2c(C(F)F)cc(-c3ccccc3)nc21. The maximum absolute atomic E-state index is 13.6. The van der Waals surface area contributed by atoms with Crippen molar-refractivity contribution in [2.24, 2.45) is 0 Å². The van der Waals surface area contributed by atoms with Gasteiger partial charge in [0.25, 0.3) is 12.0 Å². The molecule has 0 aliphatic rings. The van der Waals surface area contributed by atoms with Gasteiger partial charge in [-0.25, -0.2) is 13.8 Å². The summed E-state index contributed by atoms with van der Waals surface area (Å²) in [6, 6.07) is 10.2. The molecule has 5 nitrogen and oxygen atoms in total. The van der Waals surface area contributed by atoms with Crippen LogP contribution < -0.4 is 5.56 Å². The Hall–Kier alpha value is -2.45. The van der Waals surface area contributed by atoms with Gasteiger partial charge in [0, 0.05) is 18.2 Å². The quantitative estimate of drug-likeness (QED) is 0.702. The summed E-state index contributed by atoms with van der Waals surface area (Å²) in [6.07, 6.45) is -2.82. The zero-order valence-electron chi connectivity index (χ0n) is 13.3. The molecule has 8 heteroatoms. The molecule has 0 fully saturated rings. The molecule has 2 heterocycles. The van der Waals surface area contributed by atoms with Gasteiger partial charge in [0.1, 0.15) is 5.65 Å². The number of nitrogens with one attached hydrogen (secondary N) is 1. The Balaban J connectivity index is 2.39. The standard InChI is InChI=1S/C17H15F2N3O2S/c1-24-8-7-22-15-13(16(23)21-17(22)25)11(14(18)19)9-12(20-15)10-5-3-2-4-6-10/h2-6,9,14H,7-8H2,1H3,(H,21,23,25). The summed E-state index contributed by atoms with van der Waals surface area (Å²) >= 11 is 5.17. The van der Waals surface area contributed by atoms with E-state index in [2.05, 4.69) is 9.97 Å². The highest BCUT2D eigenvalue weighted by molar-refractivity contribution is 7.71. The molecule has 0 bridgehead atoms. The minimum absolute atomic E-state index is 0.118. The van der Waals surface area contributed by atoms with Crippen LogP contribution in [0.15, 0.2) is 41.2 Å². The highest BCUT2D eigenvalue weighted by atomic mass is 32.1. The molecule has 0 unspecified atom stereocenters. The number of methoxy groups -OCH3 is 1. The van der Waals surface area contributed by atoms with Gasteiger partial charge in [0.15, 0.2) is 4.77 Å². The fourth-order valence-corrected chi connectivity index (χ4v) is 2.89. The lowest BCUT2D eigenvalue weighted by molar-refractivity contribution is 0.153. The van der Waals surface area contributed by atoms with Crippen LogP contribution in [-0.4, -0.2) is 28.3 Å². The van der Waals surface area contributed by atoms with Crippen molar-refractivity contribution >= 4 is 23.3 Å². The van der Waals surface area contributed by atoms with Crippen molar-refractivity contribution in [1.29, 1.82) is 0 Å². The van der Waals surface area contributed by atoms with Gasteiger partial charge >= 0.3 is 0 Å². The summed E-state index contributed by atoms with van der Waals surface area (Å²) in [7, 11) is 1.52. The monoisotopic (exact) mass is 363 g/mol. The van der Waals surface area contributed by atoms with Crippen LogP contribution in [0.5, 0.6) is 0 Å². The number of halogens is 2. The minimum Gasteiger partial charge on any atom is -0.383 e. The number of hydrogen-bond acceptors (Lipinski definition) is 4. The Bertz CT molecular complexity index is 1020. The average molecular weight is 363 g/mol. The molecule has 130 valence electrons. The number of aromatic amines is 1. The lowest BCUT2D eigenvalue weighted by Gasteiger charge is -2.14. The predicted molar refractivity (Wildman–Crippen MR) is 93.5 cm³/mol. The van der Waals surface area contributed by atoms with Crippen molar-refractivity contribution in [3.05, 3.63) is 57.1 Å². The van der Waals surface area contributed by atoms with Crippen molar-refractivity contribution in [3.8, 4) is 11.3 Å². The van der Waals surface area contributed by atoms with Gasteiger partial charge in [0.2, 0.25) is 0 Å². The fraction of sp³-hybridized carbons (Fsp3) is 0.235. The first-order valence-electron chi connectivity index (χ1n) is 7.53. The maximum Gasteiger partial charge on any atom is 0.264 e. The number of pyridine rings is 1. The second-order valence-electron chi connectivity index (χ2n) is 5.37. The molecular formula is C17H15F2N3O2S. The third-order valence-corrected chi connectivity index (χ3v) is 4.13. The number of rotatable bonds is 5. The lowest BCUT2D eigenvalue weighted by Crippen LogP contribution is -2.19. The summed E-state index contributed by atoms with van der Waals surface area (Å²) in [6.45, 7) is 0.591. The first-order valence-corrected chi connectivity index (χ1v) is 7.94. The molecule has 0 radical (unpaired) electrons. The van der Waals surface area contributed by atoms with E-state index in [0.29, 0.717) is 17.9 Å². The average Bonchev–Trinajstić information content (AvgIpc) is 2.61. The van der Waals surface area contributed by atoms with Crippen molar-refractivity contribution < 1.29 is 13.5 Å². The summed E-state index contributed by atoms with van der Waals surface area (Å²) in [4.78, 5) is 19.1. The maximum atomic E-state index is 13.6. The predicted octanol–water partition coefficient (Wildman–Crippen LogP) is 3.71. The van der Waals surface area contributed by atoms with E-state index in [1.807, 2.05) is 6.07 Å². The fourth-order valence-electron chi connectivity index (χ4n) is 2.62. The number of H-pyrrole nitrogens is 1. The number of nitrogens with zero attached hydrogens (tertiary/aromatic N) is 2. The molecule has 25 heavy (non-hydrogen) atoms. The summed E-state index contributed by atoms with van der Waals surface area (Å²) in [5, 5.41) is -0.153. The van der Waals surface area contributed by atoms with E-state index < -0.39 is 12.0 Å². The number of fused-ring (bicyclic) bond motifs is 1. The Kier molecular flexibility index (Phi) is 5.00. The van der Waals surface area contributed by atoms with Crippen molar-refractivity contribution in [3.63, 3.8) is 0 Å². The van der Waals surface area contributed by atoms with E-state index in [-0.39, 0.29) is 27.9 Å². The van der Waals surface area contributed by atoms with Crippen LogP contribution in [0.4, 0.5) is 8.78 Å². The number of hydrogen-bond donors (Lipinski definition) is 1. The van der Waals surface area contributed by atoms with Gasteiger partial charge in [-0.3, -0.25) is 9.78 Å². The van der Waals surface area contributed by atoms with Crippen molar-refractivity contribution in [1.82, 2.24) is 14.5 Å². The molecule has 0 aliphatic carbocycles. The molecule has 0 saturated carbocycles. The first kappa shape index (κ1) is 17.4. The zero-order valence-corrected chi connectivity index (χ0v) is 14.1. The van der Waals surface area contributed by atoms with Crippen LogP contribution in [0, 0.1) is 4.77 Å². The van der Waals surface area contributed by atoms with Gasteiger partial charge < -0.3 is 9.30 Å². The van der Waals surface area contributed by atoms with Crippen LogP contribution in [0.1, 0.15) is 12.0 Å². The molecular weight excluding hydrogens is 348 g/mol. The van der Waals surface area contributed by atoms with Crippen LogP contribution in [-0.2, 0) is 11.3 Å². The summed E-state index contributed by atoms with van der Waals surface area (Å²) in [5.41, 5.74) is 0.121. The number of alkyl halides is 2. The lowest BCUT2D eigenvalue weighted by atomic mass is 10.1. The topological polar surface area (TPSA) is 59.9 Å². The molecule has 2 aromatic heterocycles. The normalized spacial score (nSPS) is 11.4. The second kappa shape index (κ2) is 7.20. The van der Waals surface area contributed by atoms with E-state index >= 15 is 0 Å². The molecule has 0 amide bonds. The van der Waals surface area contributed by atoms with Crippen LogP contribution >= 0.6 is 12.2 Å². The van der Waals surface area contributed by atoms with Crippen LogP contribution in [0.3, 0.4) is 0 Å². The molecule has 0 spiro atoms. The zero-order chi connectivity index (χ0) is 18.0. The van der Waals surface area contributed by atoms with Crippen molar-refractivity contribution in [2.75, 3.05) is 13.7 Å². The van der Waals surface area contributed by atoms with Gasteiger partial charge in [-0.15, -0.1) is 0 Å². The number of aromatic nitrogens is 3. The highest BCUT2D eigenvalue weighted by Crippen LogP contribution is 2.29. The van der Waals surface area contributed by atoms with E-state index in [4.69, 9.17) is 17.0 Å². The molecule has 3 aromatic rings. The van der Waals surface area contributed by atoms with Gasteiger partial charge in [-0.05, 0) is 18.3 Å². The molecule has 0 atom stereocenters. The molecule has 0 saturated heterocycles. The van der Waals surface area contributed by atoms with Gasteiger partial charge in [-0.1, -0.05) is 30.3 Å². The highest BCUT2D eigenvalue weighted by Gasteiger charge is 2.20. The molecule has 3 rings (SSSR count). The first-order chi connectivity index (χ1) is 12.0. The van der Waals surface area contributed by atoms with E-state index in [0.717, 1.165) is 0 Å². The summed E-state index contributed by atoms with van der Waals surface area (Å²) in [5.74, 6) is 0. The Morgan fingerprint density at radius 2 is 2.04 bits per heavy atom.